The first-order chi connectivity index (χ1) is 15.0. The maximum Gasteiger partial charge on any atom is 0.271 e. The summed E-state index contributed by atoms with van der Waals surface area (Å²) in [7, 11) is 2.98. The maximum atomic E-state index is 14.9. The summed E-state index contributed by atoms with van der Waals surface area (Å²) < 4.78 is 24.1. The van der Waals surface area contributed by atoms with E-state index in [2.05, 4.69) is 10.3 Å². The summed E-state index contributed by atoms with van der Waals surface area (Å²) in [6.07, 6.45) is 2.84. The van der Waals surface area contributed by atoms with Gasteiger partial charge in [0.25, 0.3) is 5.91 Å². The fourth-order valence-electron chi connectivity index (χ4n) is 4.09. The van der Waals surface area contributed by atoms with Crippen molar-refractivity contribution in [3.63, 3.8) is 0 Å². The van der Waals surface area contributed by atoms with Gasteiger partial charge < -0.3 is 10.1 Å². The van der Waals surface area contributed by atoms with Gasteiger partial charge in [0, 0.05) is 43.2 Å². The second kappa shape index (κ2) is 7.78. The number of nitrogens with one attached hydrogen (secondary N) is 1. The van der Waals surface area contributed by atoms with Gasteiger partial charge in [-0.1, -0.05) is 17.4 Å². The van der Waals surface area contributed by atoms with Gasteiger partial charge in [-0.05, 0) is 42.6 Å². The topological polar surface area (TPSA) is 58.9 Å². The van der Waals surface area contributed by atoms with Crippen LogP contribution in [0.1, 0.15) is 28.3 Å². The number of imidazole rings is 1. The van der Waals surface area contributed by atoms with Gasteiger partial charge in [0.1, 0.15) is 11.6 Å². The molecular formula is C22H20ClFN4O2S. The number of carbonyl (C=O) groups is 1. The monoisotopic (exact) mass is 458 g/mol. The largest absolute Gasteiger partial charge is 0.496 e. The molecule has 1 amide bonds. The molecule has 0 aliphatic carbocycles. The van der Waals surface area contributed by atoms with Gasteiger partial charge >= 0.3 is 0 Å². The van der Waals surface area contributed by atoms with Crippen LogP contribution in [0.4, 0.5) is 4.39 Å². The number of thiazole rings is 1. The third-order valence-corrected chi connectivity index (χ3v) is 6.90. The molecule has 1 unspecified atom stereocenters. The smallest absolute Gasteiger partial charge is 0.271 e. The number of aromatic nitrogens is 2. The minimum Gasteiger partial charge on any atom is -0.496 e. The van der Waals surface area contributed by atoms with Gasteiger partial charge in [-0.15, -0.1) is 0 Å². The van der Waals surface area contributed by atoms with Crippen LogP contribution in [0.2, 0.25) is 0 Å². The van der Waals surface area contributed by atoms with E-state index in [1.165, 1.54) is 25.5 Å². The van der Waals surface area contributed by atoms with Crippen molar-refractivity contribution < 1.29 is 13.9 Å². The molecule has 160 valence electrons. The first kappa shape index (κ1) is 20.2. The van der Waals surface area contributed by atoms with E-state index in [0.717, 1.165) is 39.7 Å². The summed E-state index contributed by atoms with van der Waals surface area (Å²) in [5.74, 6) is 0.150. The third kappa shape index (κ3) is 3.44. The Morgan fingerprint density at radius 2 is 2.23 bits per heavy atom. The molecule has 1 fully saturated rings. The Hall–Kier alpha value is -2.68. The van der Waals surface area contributed by atoms with E-state index in [1.54, 1.807) is 18.2 Å². The molecule has 1 saturated heterocycles. The van der Waals surface area contributed by atoms with E-state index in [1.807, 2.05) is 22.7 Å². The zero-order chi connectivity index (χ0) is 21.7. The predicted octanol–water partition coefficient (Wildman–Crippen LogP) is 4.67. The Kier molecular flexibility index (Phi) is 5.08. The van der Waals surface area contributed by atoms with E-state index < -0.39 is 0 Å². The van der Waals surface area contributed by atoms with Crippen molar-refractivity contribution in [1.82, 2.24) is 19.1 Å². The van der Waals surface area contributed by atoms with Crippen molar-refractivity contribution in [2.75, 3.05) is 27.2 Å². The number of nitrogens with zero attached hydrogens (tertiary/aromatic N) is 3. The van der Waals surface area contributed by atoms with Crippen molar-refractivity contribution >= 4 is 44.2 Å². The Bertz CT molecular complexity index is 1310. The van der Waals surface area contributed by atoms with Crippen molar-refractivity contribution in [3.05, 3.63) is 53.5 Å². The average Bonchev–Trinajstić information content (AvgIpc) is 3.48. The van der Waals surface area contributed by atoms with E-state index in [-0.39, 0.29) is 11.7 Å². The Balaban J connectivity index is 1.57. The number of hydrogen-bond acceptors (Lipinski definition) is 5. The number of rotatable bonds is 4. The standard InChI is InChI=1S/C22H20ClFN4O2S/c1-27(23)21(29)15-8-20-18(9-19(15)30-2)28-11-17(26-22(28)31-20)14-4-3-12(7-16(14)24)13-5-6-25-10-13/h3-4,7-9,11,13,25H,5-6,10H2,1-2H3. The molecule has 31 heavy (non-hydrogen) atoms. The lowest BCUT2D eigenvalue weighted by Gasteiger charge is -2.11. The summed E-state index contributed by atoms with van der Waals surface area (Å²) in [6.45, 7) is 1.85. The molecule has 0 bridgehead atoms. The zero-order valence-electron chi connectivity index (χ0n) is 17.0. The molecule has 2 aromatic heterocycles. The zero-order valence-corrected chi connectivity index (χ0v) is 18.6. The van der Waals surface area contributed by atoms with Crippen molar-refractivity contribution in [3.8, 4) is 17.0 Å². The highest BCUT2D eigenvalue weighted by Crippen LogP contribution is 2.35. The molecule has 1 atom stereocenters. The molecule has 6 nitrogen and oxygen atoms in total. The predicted molar refractivity (Wildman–Crippen MR) is 121 cm³/mol. The van der Waals surface area contributed by atoms with Crippen LogP contribution in [0.5, 0.6) is 5.75 Å². The number of halogens is 2. The number of fused-ring (bicyclic) bond motifs is 3. The molecule has 4 aromatic rings. The van der Waals surface area contributed by atoms with E-state index >= 15 is 0 Å². The molecule has 1 aliphatic rings. The van der Waals surface area contributed by atoms with Crippen LogP contribution in [0.25, 0.3) is 26.4 Å². The summed E-state index contributed by atoms with van der Waals surface area (Å²) >= 11 is 7.25. The molecule has 0 saturated carbocycles. The van der Waals surface area contributed by atoms with Gasteiger partial charge in [0.05, 0.1) is 28.6 Å². The molecule has 1 N–H and O–H groups in total. The molecule has 1 aliphatic heterocycles. The minimum atomic E-state index is -0.355. The lowest BCUT2D eigenvalue weighted by molar-refractivity contribution is 0.0882. The van der Waals surface area contributed by atoms with Gasteiger partial charge in [-0.25, -0.2) is 9.37 Å². The third-order valence-electron chi connectivity index (χ3n) is 5.73. The second-order valence-electron chi connectivity index (χ2n) is 7.61. The molecule has 3 heterocycles. The lowest BCUT2D eigenvalue weighted by Crippen LogP contribution is -2.17. The highest BCUT2D eigenvalue weighted by molar-refractivity contribution is 7.23. The van der Waals surface area contributed by atoms with Crippen LogP contribution >= 0.6 is 23.1 Å². The number of benzene rings is 2. The van der Waals surface area contributed by atoms with Crippen LogP contribution in [-0.2, 0) is 0 Å². The van der Waals surface area contributed by atoms with Gasteiger partial charge in [0.2, 0.25) is 0 Å². The highest BCUT2D eigenvalue weighted by Gasteiger charge is 2.21. The number of hydrogen-bond donors (Lipinski definition) is 1. The molecule has 2 aromatic carbocycles. The highest BCUT2D eigenvalue weighted by atomic mass is 35.5. The minimum absolute atomic E-state index is 0.268. The maximum absolute atomic E-state index is 14.9. The Morgan fingerprint density at radius 3 is 2.90 bits per heavy atom. The first-order valence-corrected chi connectivity index (χ1v) is 11.1. The fraction of sp³-hybridized carbons (Fsp3) is 0.273. The summed E-state index contributed by atoms with van der Waals surface area (Å²) in [5.41, 5.74) is 3.27. The van der Waals surface area contributed by atoms with Crippen LogP contribution in [-0.4, -0.2) is 47.0 Å². The second-order valence-corrected chi connectivity index (χ2v) is 9.13. The van der Waals surface area contributed by atoms with Gasteiger partial charge in [-0.2, -0.15) is 0 Å². The molecule has 0 spiro atoms. The average molecular weight is 459 g/mol. The number of carbonyl (C=O) groups excluding carboxylic acids is 1. The van der Waals surface area contributed by atoms with Crippen molar-refractivity contribution in [1.29, 1.82) is 0 Å². The number of ether oxygens (including phenoxy) is 1. The van der Waals surface area contributed by atoms with Gasteiger partial charge in [-0.3, -0.25) is 13.6 Å². The lowest BCUT2D eigenvalue weighted by atomic mass is 9.96. The fourth-order valence-corrected chi connectivity index (χ4v) is 5.21. The molecule has 5 rings (SSSR count). The Labute approximate surface area is 187 Å². The van der Waals surface area contributed by atoms with Crippen LogP contribution < -0.4 is 10.1 Å². The van der Waals surface area contributed by atoms with Crippen molar-refractivity contribution in [2.45, 2.75) is 12.3 Å². The van der Waals surface area contributed by atoms with E-state index in [9.17, 15) is 9.18 Å². The van der Waals surface area contributed by atoms with Crippen LogP contribution in [0.3, 0.4) is 0 Å². The number of methoxy groups -OCH3 is 1. The van der Waals surface area contributed by atoms with Crippen molar-refractivity contribution in [2.24, 2.45) is 0 Å². The summed E-state index contributed by atoms with van der Waals surface area (Å²) in [4.78, 5) is 17.7. The molecule has 0 radical (unpaired) electrons. The Morgan fingerprint density at radius 1 is 1.39 bits per heavy atom. The quantitative estimate of drug-likeness (QED) is 0.452. The summed E-state index contributed by atoms with van der Waals surface area (Å²) in [6, 6.07) is 8.96. The molecular weight excluding hydrogens is 439 g/mol. The SMILES string of the molecule is COc1cc2c(cc1C(=O)N(C)Cl)sc1nc(-c3ccc(C4CCNC4)cc3F)cn12. The van der Waals surface area contributed by atoms with E-state index in [4.69, 9.17) is 16.5 Å². The number of amides is 1. The van der Waals surface area contributed by atoms with E-state index in [0.29, 0.717) is 33.4 Å². The summed E-state index contributed by atoms with van der Waals surface area (Å²) in [5, 5.41) is 3.32. The molecule has 9 heteroatoms. The first-order valence-electron chi connectivity index (χ1n) is 9.90. The van der Waals surface area contributed by atoms with Crippen LogP contribution in [0.15, 0.2) is 36.5 Å². The van der Waals surface area contributed by atoms with Crippen LogP contribution in [0, 0.1) is 5.82 Å². The van der Waals surface area contributed by atoms with Gasteiger partial charge in [0.15, 0.2) is 4.96 Å². The normalized spacial score (nSPS) is 16.3.